The molecule has 0 atom stereocenters. The number of piperidine rings is 1. The summed E-state index contributed by atoms with van der Waals surface area (Å²) in [6.45, 7) is 5.43. The summed E-state index contributed by atoms with van der Waals surface area (Å²) in [5.74, 6) is 1.62. The molecule has 1 saturated heterocycles. The Morgan fingerprint density at radius 2 is 1.83 bits per heavy atom. The first-order chi connectivity index (χ1) is 14.4. The number of likely N-dealkylation sites (tertiary alicyclic amines) is 1. The molecule has 1 amide bonds. The molecule has 3 heterocycles. The zero-order valence-electron chi connectivity index (χ0n) is 17.2. The second-order valence-corrected chi connectivity index (χ2v) is 7.77. The summed E-state index contributed by atoms with van der Waals surface area (Å²) in [5, 5.41) is 0. The molecule has 0 radical (unpaired) electrons. The van der Waals surface area contributed by atoms with Gasteiger partial charge in [0.05, 0.1) is 6.42 Å². The van der Waals surface area contributed by atoms with E-state index in [-0.39, 0.29) is 29.6 Å². The summed E-state index contributed by atoms with van der Waals surface area (Å²) in [6.07, 6.45) is 1.22. The summed E-state index contributed by atoms with van der Waals surface area (Å²) in [7, 11) is 0. The van der Waals surface area contributed by atoms with Gasteiger partial charge in [-0.05, 0) is 44.9 Å². The Labute approximate surface area is 174 Å². The lowest BCUT2D eigenvalue weighted by atomic mass is 9.88. The smallest absolute Gasteiger partial charge is 0.254 e. The van der Waals surface area contributed by atoms with Crippen molar-refractivity contribution < 1.29 is 19.1 Å². The van der Waals surface area contributed by atoms with E-state index in [0.29, 0.717) is 73.3 Å². The Morgan fingerprint density at radius 1 is 1.13 bits per heavy atom. The average molecular weight is 411 g/mol. The highest BCUT2D eigenvalue weighted by Gasteiger charge is 2.29. The number of aryl methyl sites for hydroxylation is 2. The molecule has 1 aromatic heterocycles. The highest BCUT2D eigenvalue weighted by atomic mass is 16.6. The molecule has 0 bridgehead atoms. The van der Waals surface area contributed by atoms with Gasteiger partial charge < -0.3 is 19.4 Å². The quantitative estimate of drug-likeness (QED) is 0.770. The van der Waals surface area contributed by atoms with E-state index in [1.165, 1.54) is 0 Å². The normalized spacial score (nSPS) is 16.4. The Hall–Kier alpha value is -3.16. The van der Waals surface area contributed by atoms with E-state index in [2.05, 4.69) is 9.97 Å². The van der Waals surface area contributed by atoms with Crippen LogP contribution < -0.4 is 15.0 Å². The minimum atomic E-state index is -0.267. The van der Waals surface area contributed by atoms with Gasteiger partial charge in [-0.25, -0.2) is 4.98 Å². The van der Waals surface area contributed by atoms with Crippen LogP contribution in [0.4, 0.5) is 0 Å². The first kappa shape index (κ1) is 20.1. The van der Waals surface area contributed by atoms with Gasteiger partial charge in [-0.15, -0.1) is 0 Å². The number of nitrogens with zero attached hydrogens (tertiary/aromatic N) is 2. The number of H-pyrrole nitrogens is 1. The van der Waals surface area contributed by atoms with Crippen LogP contribution >= 0.6 is 0 Å². The molecule has 158 valence electrons. The van der Waals surface area contributed by atoms with Crippen molar-refractivity contribution in [2.45, 2.75) is 33.1 Å². The average Bonchev–Trinajstić information content (AvgIpc) is 2.75. The molecule has 0 unspecified atom stereocenters. The number of benzene rings is 1. The third-order valence-corrected chi connectivity index (χ3v) is 5.71. The molecule has 30 heavy (non-hydrogen) atoms. The van der Waals surface area contributed by atoms with Crippen LogP contribution in [-0.2, 0) is 11.2 Å². The van der Waals surface area contributed by atoms with Crippen molar-refractivity contribution in [1.29, 1.82) is 0 Å². The summed E-state index contributed by atoms with van der Waals surface area (Å²) in [5.41, 5.74) is 1.32. The number of carbonyl (C=O) groups is 2. The fraction of sp³-hybridized carbons (Fsp3) is 0.455. The number of carbonyl (C=O) groups excluding carboxylic acids is 2. The second kappa shape index (κ2) is 8.30. The number of hydrogen-bond acceptors (Lipinski definition) is 6. The molecule has 8 heteroatoms. The lowest BCUT2D eigenvalue weighted by Crippen LogP contribution is -2.41. The number of aromatic nitrogens is 2. The summed E-state index contributed by atoms with van der Waals surface area (Å²) in [4.78, 5) is 46.4. The number of hydrogen-bond donors (Lipinski definition) is 1. The molecule has 2 aliphatic rings. The first-order valence-corrected chi connectivity index (χ1v) is 10.2. The van der Waals surface area contributed by atoms with E-state index in [0.717, 1.165) is 0 Å². The minimum Gasteiger partial charge on any atom is -0.486 e. The largest absolute Gasteiger partial charge is 0.486 e. The molecular formula is C22H25N3O5. The number of amides is 1. The third kappa shape index (κ3) is 4.08. The predicted octanol–water partition coefficient (Wildman–Crippen LogP) is 1.82. The highest BCUT2D eigenvalue weighted by Crippen LogP contribution is 2.32. The van der Waals surface area contributed by atoms with Gasteiger partial charge in [-0.2, -0.15) is 0 Å². The lowest BCUT2D eigenvalue weighted by Gasteiger charge is -2.31. The standard InChI is InChI=1S/C22H25N3O5/c1-13-17(22(28)24-14(2)23-13)12-20(26)25-7-5-15(6-8-25)21(27)16-3-4-18-19(11-16)30-10-9-29-18/h3-4,11,15H,5-10,12H2,1-2H3,(H,23,24,28). The maximum atomic E-state index is 12.9. The van der Waals surface area contributed by atoms with Gasteiger partial charge in [0.2, 0.25) is 5.91 Å². The van der Waals surface area contributed by atoms with Crippen LogP contribution in [0.15, 0.2) is 23.0 Å². The van der Waals surface area contributed by atoms with E-state index < -0.39 is 0 Å². The Kier molecular flexibility index (Phi) is 5.57. The van der Waals surface area contributed by atoms with Crippen LogP contribution in [0.5, 0.6) is 11.5 Å². The van der Waals surface area contributed by atoms with Gasteiger partial charge in [0, 0.05) is 35.8 Å². The Morgan fingerprint density at radius 3 is 2.53 bits per heavy atom. The van der Waals surface area contributed by atoms with E-state index in [1.807, 2.05) is 0 Å². The van der Waals surface area contributed by atoms with Gasteiger partial charge in [0.1, 0.15) is 19.0 Å². The van der Waals surface area contributed by atoms with Crippen molar-refractivity contribution in [2.24, 2.45) is 5.92 Å². The van der Waals surface area contributed by atoms with Crippen LogP contribution in [0.3, 0.4) is 0 Å². The Bertz CT molecular complexity index is 1040. The number of ketones is 1. The molecule has 4 rings (SSSR count). The summed E-state index contributed by atoms with van der Waals surface area (Å²) >= 11 is 0. The van der Waals surface area contributed by atoms with Crippen LogP contribution in [-0.4, -0.2) is 52.9 Å². The number of nitrogens with one attached hydrogen (secondary N) is 1. The van der Waals surface area contributed by atoms with Gasteiger partial charge in [-0.1, -0.05) is 0 Å². The zero-order valence-corrected chi connectivity index (χ0v) is 17.2. The zero-order chi connectivity index (χ0) is 21.3. The van der Waals surface area contributed by atoms with Crippen LogP contribution in [0.1, 0.15) is 40.3 Å². The van der Waals surface area contributed by atoms with Crippen molar-refractivity contribution >= 4 is 11.7 Å². The van der Waals surface area contributed by atoms with E-state index >= 15 is 0 Å². The maximum absolute atomic E-state index is 12.9. The maximum Gasteiger partial charge on any atom is 0.254 e. The molecule has 0 saturated carbocycles. The minimum absolute atomic E-state index is 0.0230. The van der Waals surface area contributed by atoms with Crippen LogP contribution in [0.2, 0.25) is 0 Å². The number of aromatic amines is 1. The summed E-state index contributed by atoms with van der Waals surface area (Å²) in [6, 6.07) is 5.29. The third-order valence-electron chi connectivity index (χ3n) is 5.71. The molecule has 0 spiro atoms. The molecule has 8 nitrogen and oxygen atoms in total. The molecule has 1 aromatic carbocycles. The van der Waals surface area contributed by atoms with Gasteiger partial charge >= 0.3 is 0 Å². The molecular weight excluding hydrogens is 386 g/mol. The van der Waals surface area contributed by atoms with Crippen LogP contribution in [0.25, 0.3) is 0 Å². The highest BCUT2D eigenvalue weighted by molar-refractivity contribution is 5.98. The van der Waals surface area contributed by atoms with Crippen molar-refractivity contribution in [1.82, 2.24) is 14.9 Å². The van der Waals surface area contributed by atoms with Gasteiger partial charge in [0.25, 0.3) is 5.56 Å². The van der Waals surface area contributed by atoms with Gasteiger partial charge in [-0.3, -0.25) is 14.4 Å². The molecule has 0 aliphatic carbocycles. The predicted molar refractivity (Wildman–Crippen MR) is 109 cm³/mol. The number of rotatable bonds is 4. The number of Topliss-reactive ketones (excluding diaryl/α,β-unsaturated/α-hetero) is 1. The van der Waals surface area contributed by atoms with Gasteiger partial charge in [0.15, 0.2) is 17.3 Å². The molecule has 2 aliphatic heterocycles. The lowest BCUT2D eigenvalue weighted by molar-refractivity contribution is -0.131. The topological polar surface area (TPSA) is 102 Å². The molecule has 2 aromatic rings. The van der Waals surface area contributed by atoms with Crippen LogP contribution in [0, 0.1) is 19.8 Å². The van der Waals surface area contributed by atoms with Crippen molar-refractivity contribution in [3.05, 3.63) is 51.2 Å². The van der Waals surface area contributed by atoms with E-state index in [4.69, 9.17) is 9.47 Å². The van der Waals surface area contributed by atoms with E-state index in [9.17, 15) is 14.4 Å². The monoisotopic (exact) mass is 411 g/mol. The van der Waals surface area contributed by atoms with Crippen molar-refractivity contribution in [3.63, 3.8) is 0 Å². The van der Waals surface area contributed by atoms with Crippen molar-refractivity contribution in [2.75, 3.05) is 26.3 Å². The SMILES string of the molecule is Cc1nc(C)c(CC(=O)N2CCC(C(=O)c3ccc4c(c3)OCCO4)CC2)c(=O)[nH]1. The molecule has 1 N–H and O–H groups in total. The number of ether oxygens (including phenoxy) is 2. The molecule has 1 fully saturated rings. The second-order valence-electron chi connectivity index (χ2n) is 7.77. The van der Waals surface area contributed by atoms with Crippen molar-refractivity contribution in [3.8, 4) is 11.5 Å². The summed E-state index contributed by atoms with van der Waals surface area (Å²) < 4.78 is 11.1. The fourth-order valence-corrected chi connectivity index (χ4v) is 4.05. The van der Waals surface area contributed by atoms with E-state index in [1.54, 1.807) is 36.9 Å². The number of fused-ring (bicyclic) bond motifs is 1. The Balaban J connectivity index is 1.37. The fourth-order valence-electron chi connectivity index (χ4n) is 4.05. The first-order valence-electron chi connectivity index (χ1n) is 10.2.